The molecule has 0 fully saturated rings. The molecule has 1 heterocycles. The van der Waals surface area contributed by atoms with Crippen LogP contribution in [0, 0.1) is 10.5 Å². The molecular weight excluding hydrogens is 313 g/mol. The van der Waals surface area contributed by atoms with E-state index in [9.17, 15) is 0 Å². The highest BCUT2D eigenvalue weighted by Gasteiger charge is 2.10. The zero-order valence-electron chi connectivity index (χ0n) is 9.67. The van der Waals surface area contributed by atoms with Crippen molar-refractivity contribution in [3.63, 3.8) is 0 Å². The van der Waals surface area contributed by atoms with Crippen LogP contribution in [0.5, 0.6) is 0 Å². The Labute approximate surface area is 109 Å². The number of aromatic nitrogens is 1. The van der Waals surface area contributed by atoms with Gasteiger partial charge in [0, 0.05) is 14.5 Å². The van der Waals surface area contributed by atoms with E-state index < -0.39 is 0 Å². The highest BCUT2D eigenvalue weighted by atomic mass is 127. The van der Waals surface area contributed by atoms with Gasteiger partial charge >= 0.3 is 0 Å². The normalized spacial score (nSPS) is 12.4. The lowest BCUT2D eigenvalue weighted by Crippen LogP contribution is -1.83. The van der Waals surface area contributed by atoms with Crippen molar-refractivity contribution in [2.24, 2.45) is 0 Å². The molecule has 0 aliphatic rings. The van der Waals surface area contributed by atoms with Crippen LogP contribution < -0.4 is 0 Å². The molecule has 0 spiro atoms. The van der Waals surface area contributed by atoms with Crippen LogP contribution in [0.4, 0.5) is 0 Å². The van der Waals surface area contributed by atoms with Gasteiger partial charge in [-0.05, 0) is 55.0 Å². The van der Waals surface area contributed by atoms with Gasteiger partial charge in [0.25, 0.3) is 0 Å². The van der Waals surface area contributed by atoms with Gasteiger partial charge in [-0.25, -0.2) is 0 Å². The third-order valence-corrected chi connectivity index (χ3v) is 3.70. The number of fused-ring (bicyclic) bond motifs is 1. The zero-order valence-corrected chi connectivity index (χ0v) is 11.8. The monoisotopic (exact) mass is 327 g/mol. The fourth-order valence-corrected chi connectivity index (χ4v) is 2.19. The number of benzene rings is 1. The highest BCUT2D eigenvalue weighted by molar-refractivity contribution is 14.1. The summed E-state index contributed by atoms with van der Waals surface area (Å²) in [5.74, 6) is 0. The molecule has 16 heavy (non-hydrogen) atoms. The number of allylic oxidation sites excluding steroid dienone is 1. The van der Waals surface area contributed by atoms with E-state index >= 15 is 0 Å². The van der Waals surface area contributed by atoms with E-state index in [0.717, 1.165) is 28.6 Å². The van der Waals surface area contributed by atoms with Gasteiger partial charge in [-0.15, -0.1) is 0 Å². The van der Waals surface area contributed by atoms with Gasteiger partial charge < -0.3 is 4.52 Å². The molecule has 2 rings (SSSR count). The zero-order chi connectivity index (χ0) is 11.7. The number of aryl methyl sites for hydroxylation is 1. The van der Waals surface area contributed by atoms with Crippen LogP contribution >= 0.6 is 22.6 Å². The molecule has 0 N–H and O–H groups in total. The van der Waals surface area contributed by atoms with Crippen molar-refractivity contribution in [2.75, 3.05) is 0 Å². The van der Waals surface area contributed by atoms with Crippen molar-refractivity contribution in [3.8, 4) is 0 Å². The predicted octanol–water partition coefficient (Wildman–Crippen LogP) is 4.55. The van der Waals surface area contributed by atoms with Crippen LogP contribution in [0.15, 0.2) is 22.2 Å². The Balaban J connectivity index is 2.71. The van der Waals surface area contributed by atoms with Crippen molar-refractivity contribution >= 4 is 39.6 Å². The highest BCUT2D eigenvalue weighted by Crippen LogP contribution is 2.28. The summed E-state index contributed by atoms with van der Waals surface area (Å²) in [4.78, 5) is 0. The smallest absolute Gasteiger partial charge is 0.175 e. The van der Waals surface area contributed by atoms with Gasteiger partial charge in [-0.2, -0.15) is 0 Å². The number of hydrogen-bond acceptors (Lipinski definition) is 2. The second-order valence-corrected chi connectivity index (χ2v) is 5.11. The SMILES string of the molecule is CC/C(C)=C/c1c(I)ccc2c(C)noc12. The predicted molar refractivity (Wildman–Crippen MR) is 75.4 cm³/mol. The first-order valence-electron chi connectivity index (χ1n) is 5.35. The molecule has 0 atom stereocenters. The maximum Gasteiger partial charge on any atom is 0.175 e. The molecule has 0 bridgehead atoms. The topological polar surface area (TPSA) is 26.0 Å². The van der Waals surface area contributed by atoms with E-state index in [1.807, 2.05) is 6.92 Å². The van der Waals surface area contributed by atoms with E-state index in [0.29, 0.717) is 0 Å². The van der Waals surface area contributed by atoms with Crippen LogP contribution in [-0.2, 0) is 0 Å². The van der Waals surface area contributed by atoms with Gasteiger partial charge in [0.1, 0.15) is 0 Å². The Kier molecular flexibility index (Phi) is 3.33. The number of halogens is 1. The molecule has 2 aromatic rings. The maximum atomic E-state index is 5.41. The Bertz CT molecular complexity index is 554. The Morgan fingerprint density at radius 3 is 2.94 bits per heavy atom. The average Bonchev–Trinajstić information content (AvgIpc) is 2.64. The van der Waals surface area contributed by atoms with Gasteiger partial charge in [0.05, 0.1) is 5.69 Å². The molecule has 84 valence electrons. The third kappa shape index (κ3) is 2.00. The minimum atomic E-state index is 0.900. The van der Waals surface area contributed by atoms with Crippen molar-refractivity contribution in [3.05, 3.63) is 32.5 Å². The number of hydrogen-bond donors (Lipinski definition) is 0. The molecule has 1 aromatic carbocycles. The standard InChI is InChI=1S/C13H14INO/c1-4-8(2)7-11-12(14)6-5-10-9(3)15-16-13(10)11/h5-7H,4H2,1-3H3/b8-7+. The molecule has 0 saturated heterocycles. The van der Waals surface area contributed by atoms with Gasteiger partial charge in [0.2, 0.25) is 0 Å². The second kappa shape index (κ2) is 4.57. The fourth-order valence-electron chi connectivity index (χ4n) is 1.60. The van der Waals surface area contributed by atoms with E-state index in [1.54, 1.807) is 0 Å². The van der Waals surface area contributed by atoms with E-state index in [4.69, 9.17) is 4.52 Å². The lowest BCUT2D eigenvalue weighted by molar-refractivity contribution is 0.450. The van der Waals surface area contributed by atoms with E-state index in [1.165, 1.54) is 9.14 Å². The molecule has 0 saturated carbocycles. The van der Waals surface area contributed by atoms with Crippen LogP contribution in [0.3, 0.4) is 0 Å². The Morgan fingerprint density at radius 1 is 1.50 bits per heavy atom. The summed E-state index contributed by atoms with van der Waals surface area (Å²) in [7, 11) is 0. The van der Waals surface area contributed by atoms with Crippen LogP contribution in [0.2, 0.25) is 0 Å². The first-order valence-corrected chi connectivity index (χ1v) is 6.43. The fraction of sp³-hybridized carbons (Fsp3) is 0.308. The van der Waals surface area contributed by atoms with Crippen molar-refractivity contribution in [1.29, 1.82) is 0 Å². The Morgan fingerprint density at radius 2 is 2.25 bits per heavy atom. The average molecular weight is 327 g/mol. The lowest BCUT2D eigenvalue weighted by Gasteiger charge is -2.01. The van der Waals surface area contributed by atoms with E-state index in [2.05, 4.69) is 59.8 Å². The summed E-state index contributed by atoms with van der Waals surface area (Å²) in [6, 6.07) is 4.18. The third-order valence-electron chi connectivity index (χ3n) is 2.75. The number of rotatable bonds is 2. The lowest BCUT2D eigenvalue weighted by atomic mass is 10.1. The van der Waals surface area contributed by atoms with Gasteiger partial charge in [-0.3, -0.25) is 0 Å². The summed E-state index contributed by atoms with van der Waals surface area (Å²) in [5.41, 5.74) is 4.35. The second-order valence-electron chi connectivity index (χ2n) is 3.95. The molecule has 0 radical (unpaired) electrons. The van der Waals surface area contributed by atoms with E-state index in [-0.39, 0.29) is 0 Å². The van der Waals surface area contributed by atoms with Crippen molar-refractivity contribution < 1.29 is 4.52 Å². The van der Waals surface area contributed by atoms with Crippen LogP contribution in [-0.4, -0.2) is 5.16 Å². The Hall–Kier alpha value is -0.840. The van der Waals surface area contributed by atoms with Crippen molar-refractivity contribution in [2.45, 2.75) is 27.2 Å². The van der Waals surface area contributed by atoms with Crippen LogP contribution in [0.1, 0.15) is 31.5 Å². The molecule has 0 aliphatic carbocycles. The summed E-state index contributed by atoms with van der Waals surface area (Å²) in [6.45, 7) is 6.27. The molecule has 0 unspecified atom stereocenters. The molecular formula is C13H14INO. The first kappa shape index (κ1) is 11.6. The maximum absolute atomic E-state index is 5.41. The molecule has 1 aromatic heterocycles. The van der Waals surface area contributed by atoms with Crippen molar-refractivity contribution in [1.82, 2.24) is 5.16 Å². The summed E-state index contributed by atoms with van der Waals surface area (Å²) < 4.78 is 6.61. The minimum Gasteiger partial charge on any atom is -0.355 e. The van der Waals surface area contributed by atoms with Crippen LogP contribution in [0.25, 0.3) is 17.0 Å². The summed E-state index contributed by atoms with van der Waals surface area (Å²) >= 11 is 2.34. The quantitative estimate of drug-likeness (QED) is 0.756. The summed E-state index contributed by atoms with van der Waals surface area (Å²) in [5, 5.41) is 5.13. The molecule has 0 aliphatic heterocycles. The summed E-state index contributed by atoms with van der Waals surface area (Å²) in [6.07, 6.45) is 3.24. The number of nitrogens with zero attached hydrogens (tertiary/aromatic N) is 1. The molecule has 0 amide bonds. The minimum absolute atomic E-state index is 0.900. The molecule has 3 heteroatoms. The largest absolute Gasteiger partial charge is 0.355 e. The van der Waals surface area contributed by atoms with Gasteiger partial charge in [-0.1, -0.05) is 23.7 Å². The first-order chi connectivity index (χ1) is 7.63. The van der Waals surface area contributed by atoms with Gasteiger partial charge in [0.15, 0.2) is 5.58 Å². The molecule has 2 nitrogen and oxygen atoms in total.